The van der Waals surface area contributed by atoms with E-state index in [-0.39, 0.29) is 30.8 Å². The number of carbonyl (C=O) groups excluding carboxylic acids is 2. The third kappa shape index (κ3) is 7.87. The third-order valence-electron chi connectivity index (χ3n) is 5.97. The first-order valence-electron chi connectivity index (χ1n) is 11.7. The Morgan fingerprint density at radius 1 is 1.00 bits per heavy atom. The van der Waals surface area contributed by atoms with Crippen LogP contribution in [0.5, 0.6) is 0 Å². The Hall–Kier alpha value is -2.87. The van der Waals surface area contributed by atoms with Crippen molar-refractivity contribution in [3.63, 3.8) is 0 Å². The zero-order valence-corrected chi connectivity index (χ0v) is 21.6. The van der Waals surface area contributed by atoms with E-state index < -0.39 is 16.1 Å². The van der Waals surface area contributed by atoms with E-state index in [0.717, 1.165) is 23.8 Å². The number of amides is 2. The van der Waals surface area contributed by atoms with Crippen LogP contribution < -0.4 is 9.62 Å². The summed E-state index contributed by atoms with van der Waals surface area (Å²) < 4.78 is 26.0. The van der Waals surface area contributed by atoms with Crippen LogP contribution in [0.15, 0.2) is 54.6 Å². The van der Waals surface area contributed by atoms with Gasteiger partial charge in [0.05, 0.1) is 11.9 Å². The van der Waals surface area contributed by atoms with E-state index in [4.69, 9.17) is 0 Å². The zero-order chi connectivity index (χ0) is 25.3. The summed E-state index contributed by atoms with van der Waals surface area (Å²) in [6.45, 7) is 8.13. The highest BCUT2D eigenvalue weighted by Gasteiger charge is 2.27. The molecule has 2 rings (SSSR count). The fourth-order valence-corrected chi connectivity index (χ4v) is 4.58. The maximum Gasteiger partial charge on any atom is 0.242 e. The molecule has 34 heavy (non-hydrogen) atoms. The Balaban J connectivity index is 2.16. The van der Waals surface area contributed by atoms with Crippen molar-refractivity contribution in [1.82, 2.24) is 10.2 Å². The summed E-state index contributed by atoms with van der Waals surface area (Å²) in [5.74, 6) is -0.380. The van der Waals surface area contributed by atoms with Crippen molar-refractivity contribution >= 4 is 27.5 Å². The Bertz CT molecular complexity index is 1060. The van der Waals surface area contributed by atoms with Crippen LogP contribution >= 0.6 is 0 Å². The van der Waals surface area contributed by atoms with Gasteiger partial charge in [-0.3, -0.25) is 13.9 Å². The lowest BCUT2D eigenvalue weighted by atomic mass is 10.1. The van der Waals surface area contributed by atoms with E-state index >= 15 is 0 Å². The number of sulfonamides is 1. The van der Waals surface area contributed by atoms with E-state index in [1.807, 2.05) is 51.1 Å². The van der Waals surface area contributed by atoms with Gasteiger partial charge in [-0.15, -0.1) is 0 Å². The van der Waals surface area contributed by atoms with E-state index in [1.165, 1.54) is 4.31 Å². The summed E-state index contributed by atoms with van der Waals surface area (Å²) in [4.78, 5) is 27.7. The number of aryl methyl sites for hydroxylation is 1. The summed E-state index contributed by atoms with van der Waals surface area (Å²) in [5, 5.41) is 2.96. The first kappa shape index (κ1) is 27.4. The Morgan fingerprint density at radius 2 is 1.62 bits per heavy atom. The first-order valence-corrected chi connectivity index (χ1v) is 13.6. The molecule has 2 aromatic carbocycles. The molecule has 0 spiro atoms. The third-order valence-corrected chi connectivity index (χ3v) is 7.16. The van der Waals surface area contributed by atoms with Gasteiger partial charge in [-0.05, 0) is 56.9 Å². The van der Waals surface area contributed by atoms with Gasteiger partial charge < -0.3 is 10.2 Å². The van der Waals surface area contributed by atoms with Gasteiger partial charge in [0.15, 0.2) is 0 Å². The predicted octanol–water partition coefficient (Wildman–Crippen LogP) is 3.87. The highest BCUT2D eigenvalue weighted by Crippen LogP contribution is 2.19. The SMILES string of the molecule is CC[C@H](C)NC(=O)[C@@H](C)N(Cc1ccccc1C)C(=O)CCCN(c1ccccc1)S(C)(=O)=O. The van der Waals surface area contributed by atoms with Gasteiger partial charge in [0.25, 0.3) is 0 Å². The molecule has 0 radical (unpaired) electrons. The average Bonchev–Trinajstić information content (AvgIpc) is 2.80. The number of carbonyl (C=O) groups is 2. The lowest BCUT2D eigenvalue weighted by Crippen LogP contribution is -2.49. The quantitative estimate of drug-likeness (QED) is 0.492. The largest absolute Gasteiger partial charge is 0.352 e. The second-order valence-corrected chi connectivity index (χ2v) is 10.6. The highest BCUT2D eigenvalue weighted by molar-refractivity contribution is 7.92. The standard InChI is InChI=1S/C26H37N3O4S/c1-6-21(3)27-26(31)22(4)28(19-23-14-11-10-13-20(23)2)25(30)17-12-18-29(34(5,32)33)24-15-8-7-9-16-24/h7-11,13-16,21-22H,6,12,17-19H2,1-5H3,(H,27,31)/t21-,22+/m0/s1. The molecule has 0 fully saturated rings. The number of para-hydroxylation sites is 1. The van der Waals surface area contributed by atoms with Crippen LogP contribution in [0.25, 0.3) is 0 Å². The van der Waals surface area contributed by atoms with Gasteiger partial charge >= 0.3 is 0 Å². The fourth-order valence-electron chi connectivity index (χ4n) is 3.62. The molecule has 0 unspecified atom stereocenters. The summed E-state index contributed by atoms with van der Waals surface area (Å²) in [5.41, 5.74) is 2.58. The predicted molar refractivity (Wildman–Crippen MR) is 137 cm³/mol. The fraction of sp³-hybridized carbons (Fsp3) is 0.462. The molecule has 7 nitrogen and oxygen atoms in total. The van der Waals surface area contributed by atoms with Gasteiger partial charge in [-0.2, -0.15) is 0 Å². The number of nitrogens with one attached hydrogen (secondary N) is 1. The molecule has 0 heterocycles. The van der Waals surface area contributed by atoms with E-state index in [2.05, 4.69) is 5.32 Å². The summed E-state index contributed by atoms with van der Waals surface area (Å²) in [6.07, 6.45) is 2.43. The van der Waals surface area contributed by atoms with Crippen molar-refractivity contribution in [2.75, 3.05) is 17.1 Å². The molecule has 1 N–H and O–H groups in total. The molecule has 0 aliphatic heterocycles. The molecule has 2 amide bonds. The van der Waals surface area contributed by atoms with Crippen LogP contribution in [0.4, 0.5) is 5.69 Å². The molecule has 2 aromatic rings. The molecule has 0 aromatic heterocycles. The van der Waals surface area contributed by atoms with Crippen LogP contribution in [0, 0.1) is 6.92 Å². The number of rotatable bonds is 12. The Labute approximate surface area is 204 Å². The Morgan fingerprint density at radius 3 is 2.21 bits per heavy atom. The highest BCUT2D eigenvalue weighted by atomic mass is 32.2. The van der Waals surface area contributed by atoms with Crippen LogP contribution in [0.2, 0.25) is 0 Å². The van der Waals surface area contributed by atoms with Crippen LogP contribution in [0.3, 0.4) is 0 Å². The molecular formula is C26H37N3O4S. The molecule has 0 aliphatic carbocycles. The second kappa shape index (κ2) is 12.6. The molecule has 0 bridgehead atoms. The summed E-state index contributed by atoms with van der Waals surface area (Å²) >= 11 is 0. The monoisotopic (exact) mass is 487 g/mol. The number of anilines is 1. The van der Waals surface area contributed by atoms with E-state index in [0.29, 0.717) is 18.7 Å². The molecule has 0 saturated carbocycles. The molecule has 186 valence electrons. The van der Waals surface area contributed by atoms with Crippen LogP contribution in [-0.4, -0.2) is 50.0 Å². The van der Waals surface area contributed by atoms with E-state index in [9.17, 15) is 18.0 Å². The summed E-state index contributed by atoms with van der Waals surface area (Å²) in [6, 6.07) is 16.0. The van der Waals surface area contributed by atoms with Crippen molar-refractivity contribution in [3.8, 4) is 0 Å². The van der Waals surface area contributed by atoms with Crippen LogP contribution in [0.1, 0.15) is 51.2 Å². The van der Waals surface area contributed by atoms with Crippen molar-refractivity contribution in [1.29, 1.82) is 0 Å². The van der Waals surface area contributed by atoms with Gasteiger partial charge in [0, 0.05) is 25.6 Å². The van der Waals surface area contributed by atoms with Crippen molar-refractivity contribution in [3.05, 3.63) is 65.7 Å². The number of hydrogen-bond acceptors (Lipinski definition) is 4. The maximum absolute atomic E-state index is 13.3. The zero-order valence-electron chi connectivity index (χ0n) is 20.8. The smallest absolute Gasteiger partial charge is 0.242 e. The molecule has 0 aliphatic rings. The summed E-state index contributed by atoms with van der Waals surface area (Å²) in [7, 11) is -3.49. The minimum atomic E-state index is -3.49. The number of hydrogen-bond donors (Lipinski definition) is 1. The molecule has 2 atom stereocenters. The van der Waals surface area contributed by atoms with Crippen LogP contribution in [-0.2, 0) is 26.2 Å². The number of nitrogens with zero attached hydrogens (tertiary/aromatic N) is 2. The van der Waals surface area contributed by atoms with Crippen molar-refractivity contribution in [2.24, 2.45) is 0 Å². The van der Waals surface area contributed by atoms with E-state index in [1.54, 1.807) is 36.1 Å². The maximum atomic E-state index is 13.3. The van der Waals surface area contributed by atoms with Crippen molar-refractivity contribution < 1.29 is 18.0 Å². The number of benzene rings is 2. The van der Waals surface area contributed by atoms with Gasteiger partial charge in [0.2, 0.25) is 21.8 Å². The van der Waals surface area contributed by atoms with Gasteiger partial charge in [0.1, 0.15) is 6.04 Å². The second-order valence-electron chi connectivity index (χ2n) is 8.72. The van der Waals surface area contributed by atoms with Gasteiger partial charge in [-0.25, -0.2) is 8.42 Å². The van der Waals surface area contributed by atoms with Crippen molar-refractivity contribution in [2.45, 2.75) is 65.6 Å². The average molecular weight is 488 g/mol. The minimum absolute atomic E-state index is 0.0135. The topological polar surface area (TPSA) is 86.8 Å². The normalized spacial score (nSPS) is 13.1. The van der Waals surface area contributed by atoms with Gasteiger partial charge in [-0.1, -0.05) is 49.4 Å². The lowest BCUT2D eigenvalue weighted by molar-refractivity contribution is -0.140. The first-order chi connectivity index (χ1) is 16.0. The lowest BCUT2D eigenvalue weighted by Gasteiger charge is -2.30. The Kier molecular flexibility index (Phi) is 10.1. The molecule has 0 saturated heterocycles. The molecule has 8 heteroatoms. The molecular weight excluding hydrogens is 450 g/mol. The minimum Gasteiger partial charge on any atom is -0.352 e.